The summed E-state index contributed by atoms with van der Waals surface area (Å²) in [5.41, 5.74) is 2.15. The van der Waals surface area contributed by atoms with Crippen LogP contribution in [0.5, 0.6) is 0 Å². The molecule has 1 N–H and O–H groups in total. The summed E-state index contributed by atoms with van der Waals surface area (Å²) < 4.78 is 3.22. The van der Waals surface area contributed by atoms with Crippen molar-refractivity contribution in [3.05, 3.63) is 28.0 Å². The second-order valence-electron chi connectivity index (χ2n) is 4.77. The Balaban J connectivity index is 2.51. The Morgan fingerprint density at radius 1 is 1.37 bits per heavy atom. The summed E-state index contributed by atoms with van der Waals surface area (Å²) in [5, 5.41) is 0.734. The largest absolute Gasteiger partial charge is 0.331 e. The number of H-pyrrole nitrogens is 1. The van der Waals surface area contributed by atoms with Crippen molar-refractivity contribution in [2.24, 2.45) is 0 Å². The lowest BCUT2D eigenvalue weighted by molar-refractivity contribution is 0.470. The van der Waals surface area contributed by atoms with Crippen molar-refractivity contribution >= 4 is 46.6 Å². The van der Waals surface area contributed by atoms with Crippen LogP contribution in [0.4, 0.5) is 0 Å². The molecular weight excluding hydrogens is 296 g/mol. The van der Waals surface area contributed by atoms with E-state index in [4.69, 9.17) is 23.8 Å². The number of thioether (sulfide) groups is 1. The van der Waals surface area contributed by atoms with Gasteiger partial charge in [0.25, 0.3) is 0 Å². The highest BCUT2D eigenvalue weighted by Crippen LogP contribution is 2.33. The minimum absolute atomic E-state index is 0.243. The summed E-state index contributed by atoms with van der Waals surface area (Å²) in [5.74, 6) is 0. The molecule has 0 saturated carbocycles. The average Bonchev–Trinajstić information content (AvgIpc) is 2.71. The maximum Gasteiger partial charge on any atom is 0.178 e. The molecule has 0 amide bonds. The Hall–Kier alpha value is -0.450. The molecule has 1 heterocycles. The van der Waals surface area contributed by atoms with E-state index in [1.54, 1.807) is 0 Å². The molecule has 2 aromatic rings. The number of fused-ring (bicyclic) bond motifs is 1. The average molecular weight is 315 g/mol. The predicted molar refractivity (Wildman–Crippen MR) is 89.0 cm³/mol. The van der Waals surface area contributed by atoms with Gasteiger partial charge in [-0.25, -0.2) is 0 Å². The van der Waals surface area contributed by atoms with Crippen LogP contribution in [0.3, 0.4) is 0 Å². The van der Waals surface area contributed by atoms with Crippen molar-refractivity contribution in [2.45, 2.75) is 38.0 Å². The van der Waals surface area contributed by atoms with Crippen LogP contribution in [0, 0.1) is 4.77 Å². The quantitative estimate of drug-likeness (QED) is 0.758. The van der Waals surface area contributed by atoms with E-state index in [0.29, 0.717) is 0 Å². The number of imidazole rings is 1. The number of aromatic nitrogens is 2. The van der Waals surface area contributed by atoms with Gasteiger partial charge in [-0.2, -0.15) is 11.8 Å². The number of nitrogens with one attached hydrogen (secondary N) is 1. The molecule has 0 bridgehead atoms. The fourth-order valence-corrected chi connectivity index (χ4v) is 3.69. The number of aromatic amines is 1. The molecule has 19 heavy (non-hydrogen) atoms. The van der Waals surface area contributed by atoms with Crippen LogP contribution in [0.2, 0.25) is 5.02 Å². The zero-order valence-electron chi connectivity index (χ0n) is 11.5. The zero-order chi connectivity index (χ0) is 14.0. The van der Waals surface area contributed by atoms with Gasteiger partial charge in [0.05, 0.1) is 11.0 Å². The summed E-state index contributed by atoms with van der Waals surface area (Å²) in [6, 6.07) is 5.89. The Morgan fingerprint density at radius 3 is 2.63 bits per heavy atom. The third kappa shape index (κ3) is 2.86. The van der Waals surface area contributed by atoms with Crippen LogP contribution < -0.4 is 0 Å². The first-order valence-electron chi connectivity index (χ1n) is 6.48. The lowest BCUT2D eigenvalue weighted by Gasteiger charge is -2.30. The van der Waals surface area contributed by atoms with E-state index in [2.05, 4.69) is 29.7 Å². The number of halogens is 1. The maximum absolute atomic E-state index is 6.03. The minimum Gasteiger partial charge on any atom is -0.331 e. The molecule has 0 saturated heterocycles. The maximum atomic E-state index is 6.03. The molecule has 0 atom stereocenters. The van der Waals surface area contributed by atoms with Crippen LogP contribution >= 0.6 is 35.6 Å². The molecule has 0 fully saturated rings. The molecule has 0 unspecified atom stereocenters. The van der Waals surface area contributed by atoms with E-state index in [9.17, 15) is 0 Å². The fourth-order valence-electron chi connectivity index (χ4n) is 2.41. The first-order valence-corrected chi connectivity index (χ1v) is 8.49. The first kappa shape index (κ1) is 14.9. The highest BCUT2D eigenvalue weighted by atomic mass is 35.5. The number of nitrogens with zero attached hydrogens (tertiary/aromatic N) is 1. The molecule has 5 heteroatoms. The van der Waals surface area contributed by atoms with Gasteiger partial charge in [-0.15, -0.1) is 0 Å². The monoisotopic (exact) mass is 314 g/mol. The second kappa shape index (κ2) is 5.90. The lowest BCUT2D eigenvalue weighted by atomic mass is 10.0. The molecule has 2 nitrogen and oxygen atoms in total. The molecule has 0 aliphatic rings. The first-order chi connectivity index (χ1) is 9.05. The van der Waals surface area contributed by atoms with Gasteiger partial charge in [0, 0.05) is 16.3 Å². The Bertz CT molecular complexity index is 618. The Morgan fingerprint density at radius 2 is 2.05 bits per heavy atom. The van der Waals surface area contributed by atoms with Crippen molar-refractivity contribution < 1.29 is 0 Å². The van der Waals surface area contributed by atoms with Crippen LogP contribution in [0.1, 0.15) is 26.7 Å². The summed E-state index contributed by atoms with van der Waals surface area (Å²) in [7, 11) is 0. The molecule has 1 aromatic carbocycles. The SMILES string of the molecule is CCC(CC)(Cn1c(=S)[nH]c2cc(Cl)ccc21)SC. The minimum atomic E-state index is 0.243. The van der Waals surface area contributed by atoms with E-state index in [-0.39, 0.29) is 4.75 Å². The van der Waals surface area contributed by atoms with Crippen molar-refractivity contribution in [2.75, 3.05) is 6.26 Å². The highest BCUT2D eigenvalue weighted by molar-refractivity contribution is 8.00. The van der Waals surface area contributed by atoms with Gasteiger partial charge >= 0.3 is 0 Å². The van der Waals surface area contributed by atoms with E-state index in [1.165, 1.54) is 0 Å². The molecular formula is C14H19ClN2S2. The number of benzene rings is 1. The Labute approximate surface area is 128 Å². The molecule has 0 radical (unpaired) electrons. The lowest BCUT2D eigenvalue weighted by Crippen LogP contribution is -2.29. The van der Waals surface area contributed by atoms with Crippen molar-refractivity contribution in [1.29, 1.82) is 0 Å². The van der Waals surface area contributed by atoms with Gasteiger partial charge in [-0.3, -0.25) is 0 Å². The fraction of sp³-hybridized carbons (Fsp3) is 0.500. The van der Waals surface area contributed by atoms with Gasteiger partial charge in [0.1, 0.15) is 0 Å². The van der Waals surface area contributed by atoms with Gasteiger partial charge in [0.2, 0.25) is 0 Å². The summed E-state index contributed by atoms with van der Waals surface area (Å²) in [4.78, 5) is 3.25. The standard InChI is InChI=1S/C14H19ClN2S2/c1-4-14(5-2,19-3)9-17-12-7-6-10(15)8-11(12)16-13(17)18/h6-8H,4-5,9H2,1-3H3,(H,16,18). The summed E-state index contributed by atoms with van der Waals surface area (Å²) in [6.07, 6.45) is 4.45. The van der Waals surface area contributed by atoms with E-state index in [1.807, 2.05) is 30.0 Å². The van der Waals surface area contributed by atoms with E-state index in [0.717, 1.165) is 40.2 Å². The Kier molecular flexibility index (Phi) is 4.64. The highest BCUT2D eigenvalue weighted by Gasteiger charge is 2.26. The van der Waals surface area contributed by atoms with Crippen molar-refractivity contribution in [1.82, 2.24) is 9.55 Å². The summed E-state index contributed by atoms with van der Waals surface area (Å²) in [6.45, 7) is 5.42. The van der Waals surface area contributed by atoms with E-state index >= 15 is 0 Å². The second-order valence-corrected chi connectivity index (χ2v) is 6.87. The van der Waals surface area contributed by atoms with Crippen LogP contribution in [0.25, 0.3) is 11.0 Å². The molecule has 2 rings (SSSR count). The van der Waals surface area contributed by atoms with Crippen molar-refractivity contribution in [3.63, 3.8) is 0 Å². The molecule has 1 aromatic heterocycles. The summed E-state index contributed by atoms with van der Waals surface area (Å²) >= 11 is 13.4. The number of hydrogen-bond donors (Lipinski definition) is 1. The third-order valence-electron chi connectivity index (χ3n) is 3.90. The topological polar surface area (TPSA) is 20.7 Å². The molecule has 104 valence electrons. The molecule has 0 aliphatic heterocycles. The predicted octanol–water partition coefficient (Wildman–Crippen LogP) is 5.27. The molecule has 0 aliphatic carbocycles. The van der Waals surface area contributed by atoms with Gasteiger partial charge in [-0.05, 0) is 49.5 Å². The van der Waals surface area contributed by atoms with Gasteiger partial charge in [0.15, 0.2) is 4.77 Å². The zero-order valence-corrected chi connectivity index (χ0v) is 13.9. The van der Waals surface area contributed by atoms with Crippen LogP contribution in [-0.4, -0.2) is 20.6 Å². The number of hydrogen-bond acceptors (Lipinski definition) is 2. The smallest absolute Gasteiger partial charge is 0.178 e. The third-order valence-corrected chi connectivity index (χ3v) is 6.03. The van der Waals surface area contributed by atoms with Gasteiger partial charge in [-0.1, -0.05) is 25.4 Å². The van der Waals surface area contributed by atoms with Gasteiger partial charge < -0.3 is 9.55 Å². The van der Waals surface area contributed by atoms with E-state index < -0.39 is 0 Å². The van der Waals surface area contributed by atoms with Crippen LogP contribution in [-0.2, 0) is 6.54 Å². The normalized spacial score (nSPS) is 12.2. The van der Waals surface area contributed by atoms with Crippen molar-refractivity contribution in [3.8, 4) is 0 Å². The number of rotatable bonds is 5. The molecule has 0 spiro atoms. The van der Waals surface area contributed by atoms with Crippen LogP contribution in [0.15, 0.2) is 18.2 Å².